The second-order valence-corrected chi connectivity index (χ2v) is 17.9. The van der Waals surface area contributed by atoms with Crippen LogP contribution in [0.25, 0.3) is 33.3 Å². The summed E-state index contributed by atoms with van der Waals surface area (Å²) >= 11 is 0. The van der Waals surface area contributed by atoms with Crippen LogP contribution in [0.4, 0.5) is 9.59 Å². The van der Waals surface area contributed by atoms with Crippen LogP contribution in [-0.2, 0) is 24.5 Å². The lowest BCUT2D eigenvalue weighted by Crippen LogP contribution is -2.51. The summed E-state index contributed by atoms with van der Waals surface area (Å²) < 4.78 is 17.1. The van der Waals surface area contributed by atoms with E-state index in [9.17, 15) is 19.2 Å². The molecule has 3 aliphatic rings. The zero-order valence-corrected chi connectivity index (χ0v) is 38.0. The molecule has 0 aliphatic carbocycles. The maximum Gasteiger partial charge on any atom is 0.407 e. The Bertz CT molecular complexity index is 2560. The number of carbonyl (C=O) groups is 4. The predicted octanol–water partition coefficient (Wildman–Crippen LogP) is 8.92. The molecule has 3 aromatic carbocycles. The number of likely N-dealkylation sites (tertiary alicyclic amines) is 2. The Morgan fingerprint density at radius 1 is 0.797 bits per heavy atom. The Labute approximate surface area is 374 Å². The van der Waals surface area contributed by atoms with E-state index >= 15 is 0 Å². The SMILES string of the molecule is CCC1(CC)c2ccc(-c3cnc([C@@H]4CCCN4C(=O)[C@H](OC(=O)NC)C(C)C)[nH]3)cc2Oc2ccc3cc(-c4cnc(C5CCCN5C(=O)C(NC(=O)OC)C(C)C)[nH]4)ccc3c21. The van der Waals surface area contributed by atoms with Gasteiger partial charge in [-0.3, -0.25) is 9.59 Å². The lowest BCUT2D eigenvalue weighted by molar-refractivity contribution is -0.143. The van der Waals surface area contributed by atoms with Crippen molar-refractivity contribution in [1.29, 1.82) is 0 Å². The summed E-state index contributed by atoms with van der Waals surface area (Å²) in [4.78, 5) is 71.8. The number of nitrogens with zero attached hydrogens (tertiary/aromatic N) is 4. The van der Waals surface area contributed by atoms with E-state index in [1.54, 1.807) is 4.90 Å². The molecule has 2 saturated heterocycles. The van der Waals surface area contributed by atoms with E-state index in [4.69, 9.17) is 24.2 Å². The fourth-order valence-electron chi connectivity index (χ4n) is 10.1. The molecule has 4 amide bonds. The van der Waals surface area contributed by atoms with E-state index in [1.807, 2.05) is 45.0 Å². The summed E-state index contributed by atoms with van der Waals surface area (Å²) in [5.41, 5.74) is 5.57. The number of nitrogens with one attached hydrogen (secondary N) is 4. The van der Waals surface area contributed by atoms with Gasteiger partial charge in [-0.1, -0.05) is 71.9 Å². The number of methoxy groups -OCH3 is 1. The number of aromatic amines is 2. The van der Waals surface area contributed by atoms with Crippen LogP contribution < -0.4 is 15.4 Å². The molecule has 64 heavy (non-hydrogen) atoms. The third-order valence-corrected chi connectivity index (χ3v) is 13.6. The molecule has 4 atom stereocenters. The quantitative estimate of drug-likeness (QED) is 0.0951. The summed E-state index contributed by atoms with van der Waals surface area (Å²) in [6, 6.07) is 15.8. The Hall–Kier alpha value is -6.38. The smallest absolute Gasteiger partial charge is 0.407 e. The molecule has 15 nitrogen and oxygen atoms in total. The number of alkyl carbamates (subject to hydrolysis) is 2. The normalized spacial score (nSPS) is 18.7. The molecule has 2 unspecified atom stereocenters. The van der Waals surface area contributed by atoms with Gasteiger partial charge in [-0.05, 0) is 79.3 Å². The van der Waals surface area contributed by atoms with Crippen molar-refractivity contribution in [2.75, 3.05) is 27.2 Å². The van der Waals surface area contributed by atoms with Crippen molar-refractivity contribution < 1.29 is 33.4 Å². The molecule has 0 bridgehead atoms. The Morgan fingerprint density at radius 2 is 1.41 bits per heavy atom. The molecular weight excluding hydrogens is 813 g/mol. The lowest BCUT2D eigenvalue weighted by Gasteiger charge is -2.40. The molecule has 5 aromatic rings. The van der Waals surface area contributed by atoms with Crippen LogP contribution in [0.3, 0.4) is 0 Å². The number of fused-ring (bicyclic) bond motifs is 4. The van der Waals surface area contributed by atoms with Crippen LogP contribution in [-0.4, -0.2) is 93.1 Å². The highest BCUT2D eigenvalue weighted by atomic mass is 16.6. The molecule has 8 rings (SSSR count). The average Bonchev–Trinajstić information content (AvgIpc) is 4.15. The highest BCUT2D eigenvalue weighted by Gasteiger charge is 2.42. The fraction of sp³-hybridized carbons (Fsp3) is 0.469. The minimum absolute atomic E-state index is 0.118. The maximum atomic E-state index is 13.7. The first-order chi connectivity index (χ1) is 30.8. The second-order valence-electron chi connectivity index (χ2n) is 17.9. The minimum Gasteiger partial charge on any atom is -0.457 e. The predicted molar refractivity (Wildman–Crippen MR) is 243 cm³/mol. The van der Waals surface area contributed by atoms with Gasteiger partial charge in [0.1, 0.15) is 29.2 Å². The summed E-state index contributed by atoms with van der Waals surface area (Å²) in [7, 11) is 2.78. The van der Waals surface area contributed by atoms with E-state index in [-0.39, 0.29) is 41.1 Å². The summed E-state index contributed by atoms with van der Waals surface area (Å²) in [6.45, 7) is 13.2. The molecule has 338 valence electrons. The molecule has 0 spiro atoms. The van der Waals surface area contributed by atoms with Crippen LogP contribution >= 0.6 is 0 Å². The number of H-pyrrole nitrogens is 2. The fourth-order valence-corrected chi connectivity index (χ4v) is 10.1. The summed E-state index contributed by atoms with van der Waals surface area (Å²) in [5, 5.41) is 7.38. The monoisotopic (exact) mass is 872 g/mol. The van der Waals surface area contributed by atoms with Gasteiger partial charge in [0.15, 0.2) is 6.10 Å². The summed E-state index contributed by atoms with van der Waals surface area (Å²) in [5.74, 6) is 2.37. The van der Waals surface area contributed by atoms with Crippen molar-refractivity contribution >= 4 is 34.8 Å². The van der Waals surface area contributed by atoms with Crippen molar-refractivity contribution in [3.8, 4) is 34.0 Å². The lowest BCUT2D eigenvalue weighted by atomic mass is 9.67. The van der Waals surface area contributed by atoms with Gasteiger partial charge in [0.05, 0.1) is 43.0 Å². The minimum atomic E-state index is -0.895. The van der Waals surface area contributed by atoms with Crippen LogP contribution in [0.15, 0.2) is 60.9 Å². The highest BCUT2D eigenvalue weighted by Crippen LogP contribution is 2.55. The number of carbonyl (C=O) groups excluding carboxylic acids is 4. The largest absolute Gasteiger partial charge is 0.457 e. The van der Waals surface area contributed by atoms with Crippen molar-refractivity contribution in [2.45, 2.75) is 110 Å². The molecule has 4 N–H and O–H groups in total. The zero-order chi connectivity index (χ0) is 45.4. The average molecular weight is 873 g/mol. The van der Waals surface area contributed by atoms with Gasteiger partial charge in [-0.15, -0.1) is 0 Å². The number of hydrogen-bond acceptors (Lipinski definition) is 9. The Balaban J connectivity index is 1.04. The second kappa shape index (κ2) is 18.0. The van der Waals surface area contributed by atoms with E-state index in [0.29, 0.717) is 18.9 Å². The van der Waals surface area contributed by atoms with Crippen LogP contribution in [0.5, 0.6) is 11.5 Å². The highest BCUT2D eigenvalue weighted by molar-refractivity contribution is 5.93. The van der Waals surface area contributed by atoms with Gasteiger partial charge >= 0.3 is 12.2 Å². The molecule has 3 aliphatic heterocycles. The molecule has 5 heterocycles. The molecule has 0 saturated carbocycles. The molecular formula is C49H60N8O7. The van der Waals surface area contributed by atoms with Gasteiger partial charge in [-0.2, -0.15) is 0 Å². The van der Waals surface area contributed by atoms with Crippen molar-refractivity contribution in [2.24, 2.45) is 11.8 Å². The Morgan fingerprint density at radius 3 is 1.98 bits per heavy atom. The third-order valence-electron chi connectivity index (χ3n) is 13.6. The van der Waals surface area contributed by atoms with Gasteiger partial charge in [-0.25, -0.2) is 19.6 Å². The van der Waals surface area contributed by atoms with Crippen molar-refractivity contribution in [1.82, 2.24) is 40.4 Å². The van der Waals surface area contributed by atoms with E-state index in [2.05, 4.69) is 83.0 Å². The van der Waals surface area contributed by atoms with Gasteiger partial charge in [0.2, 0.25) is 5.91 Å². The zero-order valence-electron chi connectivity index (χ0n) is 38.0. The number of rotatable bonds is 12. The van der Waals surface area contributed by atoms with E-state index in [0.717, 1.165) is 94.7 Å². The first-order valence-electron chi connectivity index (χ1n) is 22.7. The number of benzene rings is 3. The number of aromatic nitrogens is 4. The topological polar surface area (TPSA) is 184 Å². The molecule has 15 heteroatoms. The number of amides is 4. The standard InChI is InChI=1S/C49H60N8O7/c1-9-49(10-2)33-19-16-31(35-26-52-44(54-35)37-14-12-22-57(37)46(59)42(28(5)6)64-47(60)50-7)24-39(33)63-38-20-17-29-23-30(15-18-32(29)40(38)49)34-25-51-43(53-34)36-13-11-21-56(36)45(58)41(27(3)4)55-48(61)62-8/h15-20,23-28,36-37,41-42H,9-14,21-22H2,1-8H3,(H,50,60)(H,51,53)(H,52,54)(H,55,61)/t36?,37-,41?,42+/m0/s1. The number of imidazole rings is 2. The van der Waals surface area contributed by atoms with E-state index < -0.39 is 24.3 Å². The maximum absolute atomic E-state index is 13.7. The summed E-state index contributed by atoms with van der Waals surface area (Å²) in [6.07, 6.45) is 6.40. The first-order valence-corrected chi connectivity index (χ1v) is 22.7. The molecule has 2 aromatic heterocycles. The number of ether oxygens (including phenoxy) is 3. The van der Waals surface area contributed by atoms with Crippen molar-refractivity contribution in [3.05, 3.63) is 83.7 Å². The van der Waals surface area contributed by atoms with Crippen LogP contribution in [0.2, 0.25) is 0 Å². The van der Waals surface area contributed by atoms with E-state index in [1.165, 1.54) is 19.7 Å². The van der Waals surface area contributed by atoms with Crippen LogP contribution in [0.1, 0.15) is 115 Å². The van der Waals surface area contributed by atoms with Gasteiger partial charge < -0.3 is 44.6 Å². The number of hydrogen-bond donors (Lipinski definition) is 4. The van der Waals surface area contributed by atoms with Crippen LogP contribution in [0, 0.1) is 11.8 Å². The van der Waals surface area contributed by atoms with Gasteiger partial charge in [0.25, 0.3) is 5.91 Å². The first kappa shape index (κ1) is 44.2. The Kier molecular flexibility index (Phi) is 12.4. The molecule has 2 fully saturated rings. The van der Waals surface area contributed by atoms with Gasteiger partial charge in [0, 0.05) is 47.8 Å². The molecule has 0 radical (unpaired) electrons. The van der Waals surface area contributed by atoms with Crippen molar-refractivity contribution in [3.63, 3.8) is 0 Å². The third kappa shape index (κ3) is 7.93.